The number of carbonyl (C=O) groups is 1. The Kier molecular flexibility index (Phi) is 6.54. The van der Waals surface area contributed by atoms with Crippen molar-refractivity contribution in [2.24, 2.45) is 0 Å². The minimum absolute atomic E-state index is 0.0311. The molecule has 0 spiro atoms. The van der Waals surface area contributed by atoms with Crippen LogP contribution in [0.2, 0.25) is 5.02 Å². The van der Waals surface area contributed by atoms with E-state index in [2.05, 4.69) is 14.8 Å². The van der Waals surface area contributed by atoms with Crippen LogP contribution in [0.15, 0.2) is 77.7 Å². The van der Waals surface area contributed by atoms with E-state index in [-0.39, 0.29) is 21.2 Å². The Morgan fingerprint density at radius 3 is 1.97 bits per heavy atom. The van der Waals surface area contributed by atoms with E-state index in [1.54, 1.807) is 30.3 Å². The summed E-state index contributed by atoms with van der Waals surface area (Å²) in [4.78, 5) is 12.5. The van der Waals surface area contributed by atoms with Crippen LogP contribution in [0.5, 0.6) is 0 Å². The first kappa shape index (κ1) is 22.6. The van der Waals surface area contributed by atoms with Crippen LogP contribution < -0.4 is 14.8 Å². The molecule has 3 aromatic rings. The third kappa shape index (κ3) is 6.20. The van der Waals surface area contributed by atoms with E-state index in [0.717, 1.165) is 6.26 Å². The lowest BCUT2D eigenvalue weighted by atomic mass is 10.2. The number of halogens is 1. The first-order chi connectivity index (χ1) is 14.5. The molecule has 0 saturated carbocycles. The molecule has 162 valence electrons. The summed E-state index contributed by atoms with van der Waals surface area (Å²) >= 11 is 6.10. The molecule has 0 fully saturated rings. The van der Waals surface area contributed by atoms with Crippen LogP contribution in [-0.4, -0.2) is 29.0 Å². The fourth-order valence-corrected chi connectivity index (χ4v) is 4.49. The maximum Gasteiger partial charge on any atom is 0.261 e. The average molecular weight is 480 g/mol. The Morgan fingerprint density at radius 1 is 0.774 bits per heavy atom. The maximum atomic E-state index is 12.5. The van der Waals surface area contributed by atoms with E-state index in [4.69, 9.17) is 11.6 Å². The molecule has 0 unspecified atom stereocenters. The molecule has 3 rings (SSSR count). The van der Waals surface area contributed by atoms with Gasteiger partial charge in [0.05, 0.1) is 21.7 Å². The number of sulfonamides is 2. The number of amides is 1. The van der Waals surface area contributed by atoms with Gasteiger partial charge in [-0.3, -0.25) is 14.2 Å². The number of anilines is 3. The predicted octanol–water partition coefficient (Wildman–Crippen LogP) is 3.76. The number of carbonyl (C=O) groups excluding carboxylic acids is 1. The quantitative estimate of drug-likeness (QED) is 0.476. The molecule has 3 aromatic carbocycles. The second-order valence-electron chi connectivity index (χ2n) is 6.52. The van der Waals surface area contributed by atoms with Crippen molar-refractivity contribution in [2.45, 2.75) is 4.90 Å². The first-order valence-corrected chi connectivity index (χ1v) is 12.6. The number of para-hydroxylation sites is 1. The summed E-state index contributed by atoms with van der Waals surface area (Å²) in [6.07, 6.45) is 1.00. The number of rotatable bonds is 7. The number of nitrogens with one attached hydrogen (secondary N) is 3. The molecule has 0 aliphatic carbocycles. The van der Waals surface area contributed by atoms with E-state index >= 15 is 0 Å². The van der Waals surface area contributed by atoms with Gasteiger partial charge >= 0.3 is 0 Å². The van der Waals surface area contributed by atoms with Crippen LogP contribution in [0, 0.1) is 0 Å². The van der Waals surface area contributed by atoms with Crippen molar-refractivity contribution in [3.05, 3.63) is 83.4 Å². The number of benzene rings is 3. The van der Waals surface area contributed by atoms with E-state index < -0.39 is 26.0 Å². The van der Waals surface area contributed by atoms with Gasteiger partial charge in [0.1, 0.15) is 0 Å². The Labute approximate surface area is 185 Å². The zero-order chi connectivity index (χ0) is 22.6. The molecule has 0 bridgehead atoms. The fourth-order valence-electron chi connectivity index (χ4n) is 2.61. The van der Waals surface area contributed by atoms with Gasteiger partial charge in [0, 0.05) is 17.1 Å². The van der Waals surface area contributed by atoms with Crippen LogP contribution in [0.3, 0.4) is 0 Å². The average Bonchev–Trinajstić information content (AvgIpc) is 2.67. The van der Waals surface area contributed by atoms with Gasteiger partial charge in [-0.2, -0.15) is 0 Å². The maximum absolute atomic E-state index is 12.5. The summed E-state index contributed by atoms with van der Waals surface area (Å²) in [5.41, 5.74) is 1.15. The molecular formula is C20H18ClN3O5S2. The molecule has 8 nitrogen and oxygen atoms in total. The molecule has 0 aliphatic heterocycles. The molecular weight excluding hydrogens is 462 g/mol. The van der Waals surface area contributed by atoms with Gasteiger partial charge in [0.25, 0.3) is 15.9 Å². The minimum atomic E-state index is -3.78. The lowest BCUT2D eigenvalue weighted by molar-refractivity contribution is 0.102. The standard InChI is InChI=1S/C20H18ClN3O5S2/c1-30(26,27)23-16-9-12-18(19(21)13-16)20(25)22-14-7-10-17(11-8-14)31(28,29)24-15-5-3-2-4-6-15/h2-13,23-24H,1H3,(H,22,25). The lowest BCUT2D eigenvalue weighted by Crippen LogP contribution is -2.15. The summed E-state index contributed by atoms with van der Waals surface area (Å²) in [5, 5.41) is 2.67. The van der Waals surface area contributed by atoms with Crippen molar-refractivity contribution in [2.75, 3.05) is 21.0 Å². The Bertz CT molecular complexity index is 1310. The predicted molar refractivity (Wildman–Crippen MR) is 122 cm³/mol. The highest BCUT2D eigenvalue weighted by atomic mass is 35.5. The first-order valence-electron chi connectivity index (χ1n) is 8.80. The third-order valence-electron chi connectivity index (χ3n) is 3.97. The highest BCUT2D eigenvalue weighted by molar-refractivity contribution is 7.92. The van der Waals surface area contributed by atoms with Crippen LogP contribution in [0.25, 0.3) is 0 Å². The van der Waals surface area contributed by atoms with Crippen molar-refractivity contribution in [1.82, 2.24) is 0 Å². The van der Waals surface area contributed by atoms with Crippen molar-refractivity contribution in [3.8, 4) is 0 Å². The normalized spacial score (nSPS) is 11.5. The smallest absolute Gasteiger partial charge is 0.261 e. The molecule has 0 saturated heterocycles. The Morgan fingerprint density at radius 2 is 1.39 bits per heavy atom. The van der Waals surface area contributed by atoms with Gasteiger partial charge < -0.3 is 5.32 Å². The number of hydrogen-bond donors (Lipinski definition) is 3. The second-order valence-corrected chi connectivity index (χ2v) is 10.4. The molecule has 3 N–H and O–H groups in total. The molecule has 31 heavy (non-hydrogen) atoms. The molecule has 0 aromatic heterocycles. The van der Waals surface area contributed by atoms with Crippen molar-refractivity contribution in [3.63, 3.8) is 0 Å². The van der Waals surface area contributed by atoms with Gasteiger partial charge in [-0.25, -0.2) is 16.8 Å². The van der Waals surface area contributed by atoms with Crippen LogP contribution in [0.4, 0.5) is 17.1 Å². The molecule has 1 amide bonds. The Hall–Kier alpha value is -3.08. The monoisotopic (exact) mass is 479 g/mol. The van der Waals surface area contributed by atoms with Crippen LogP contribution >= 0.6 is 11.6 Å². The lowest BCUT2D eigenvalue weighted by Gasteiger charge is -2.11. The molecule has 0 atom stereocenters. The van der Waals surface area contributed by atoms with Crippen molar-refractivity contribution >= 4 is 54.6 Å². The minimum Gasteiger partial charge on any atom is -0.322 e. The molecule has 0 heterocycles. The van der Waals surface area contributed by atoms with Crippen molar-refractivity contribution < 1.29 is 21.6 Å². The molecule has 11 heteroatoms. The van der Waals surface area contributed by atoms with Gasteiger partial charge in [-0.15, -0.1) is 0 Å². The largest absolute Gasteiger partial charge is 0.322 e. The molecule has 0 radical (unpaired) electrons. The highest BCUT2D eigenvalue weighted by Gasteiger charge is 2.16. The van der Waals surface area contributed by atoms with E-state index in [0.29, 0.717) is 11.4 Å². The van der Waals surface area contributed by atoms with E-state index in [1.807, 2.05) is 0 Å². The summed E-state index contributed by atoms with van der Waals surface area (Å²) in [5.74, 6) is -0.533. The van der Waals surface area contributed by atoms with E-state index in [9.17, 15) is 21.6 Å². The van der Waals surface area contributed by atoms with Gasteiger partial charge in [-0.1, -0.05) is 29.8 Å². The van der Waals surface area contributed by atoms with Crippen LogP contribution in [0.1, 0.15) is 10.4 Å². The third-order valence-corrected chi connectivity index (χ3v) is 6.28. The van der Waals surface area contributed by atoms with Crippen molar-refractivity contribution in [1.29, 1.82) is 0 Å². The number of hydrogen-bond acceptors (Lipinski definition) is 5. The Balaban J connectivity index is 1.71. The zero-order valence-electron chi connectivity index (χ0n) is 16.2. The van der Waals surface area contributed by atoms with Crippen LogP contribution in [-0.2, 0) is 20.0 Å². The van der Waals surface area contributed by atoms with E-state index in [1.165, 1.54) is 42.5 Å². The van der Waals surface area contributed by atoms with Gasteiger partial charge in [-0.05, 0) is 54.6 Å². The summed E-state index contributed by atoms with van der Waals surface area (Å²) < 4.78 is 52.3. The SMILES string of the molecule is CS(=O)(=O)Nc1ccc(C(=O)Nc2ccc(S(=O)(=O)Nc3ccccc3)cc2)c(Cl)c1. The second kappa shape index (κ2) is 8.96. The fraction of sp³-hybridized carbons (Fsp3) is 0.0500. The zero-order valence-corrected chi connectivity index (χ0v) is 18.6. The highest BCUT2D eigenvalue weighted by Crippen LogP contribution is 2.23. The summed E-state index contributed by atoms with van der Waals surface area (Å²) in [7, 11) is -7.25. The topological polar surface area (TPSA) is 121 Å². The summed E-state index contributed by atoms with van der Waals surface area (Å²) in [6, 6.07) is 18.2. The molecule has 0 aliphatic rings. The summed E-state index contributed by atoms with van der Waals surface area (Å²) in [6.45, 7) is 0. The van der Waals surface area contributed by atoms with Gasteiger partial charge in [0.2, 0.25) is 10.0 Å². The van der Waals surface area contributed by atoms with Gasteiger partial charge in [0.15, 0.2) is 0 Å².